The largest absolute Gasteiger partial charge is 0.330 e. The van der Waals surface area contributed by atoms with Gasteiger partial charge in [-0.3, -0.25) is 4.68 Å². The highest BCUT2D eigenvalue weighted by Crippen LogP contribution is 2.09. The van der Waals surface area contributed by atoms with E-state index >= 15 is 0 Å². The molecule has 0 aliphatic heterocycles. The Kier molecular flexibility index (Phi) is 4.14. The lowest BCUT2D eigenvalue weighted by Gasteiger charge is -2.12. The molecule has 0 amide bonds. The van der Waals surface area contributed by atoms with Gasteiger partial charge in [-0.15, -0.1) is 0 Å². The average molecular weight is 195 g/mol. The van der Waals surface area contributed by atoms with Crippen LogP contribution in [0.5, 0.6) is 0 Å². The summed E-state index contributed by atoms with van der Waals surface area (Å²) in [7, 11) is 0. The molecule has 0 fully saturated rings. The molecule has 1 aromatic heterocycles. The van der Waals surface area contributed by atoms with Crippen molar-refractivity contribution in [3.05, 3.63) is 18.0 Å². The summed E-state index contributed by atoms with van der Waals surface area (Å²) in [6, 6.07) is 2.09. The molecule has 0 saturated carbocycles. The molecule has 80 valence electrons. The maximum atomic E-state index is 5.61. The van der Waals surface area contributed by atoms with Crippen LogP contribution in [0, 0.1) is 11.8 Å². The lowest BCUT2D eigenvalue weighted by Crippen LogP contribution is -2.17. The Morgan fingerprint density at radius 1 is 1.43 bits per heavy atom. The second-order valence-electron chi connectivity index (χ2n) is 4.44. The van der Waals surface area contributed by atoms with Crippen molar-refractivity contribution in [3.8, 4) is 0 Å². The van der Waals surface area contributed by atoms with Crippen molar-refractivity contribution in [1.82, 2.24) is 9.78 Å². The molecule has 0 bridgehead atoms. The first-order chi connectivity index (χ1) is 6.63. The van der Waals surface area contributed by atoms with E-state index in [9.17, 15) is 0 Å². The van der Waals surface area contributed by atoms with Crippen LogP contribution in [0.2, 0.25) is 0 Å². The van der Waals surface area contributed by atoms with Crippen molar-refractivity contribution in [2.45, 2.75) is 33.7 Å². The van der Waals surface area contributed by atoms with Crippen LogP contribution in [0.15, 0.2) is 12.3 Å². The highest BCUT2D eigenvalue weighted by Gasteiger charge is 2.07. The summed E-state index contributed by atoms with van der Waals surface area (Å²) < 4.78 is 2.09. The monoisotopic (exact) mass is 195 g/mol. The van der Waals surface area contributed by atoms with E-state index in [4.69, 9.17) is 5.73 Å². The third-order valence-electron chi connectivity index (χ3n) is 2.30. The van der Waals surface area contributed by atoms with Gasteiger partial charge in [0, 0.05) is 18.4 Å². The lowest BCUT2D eigenvalue weighted by atomic mass is 10.1. The third-order valence-corrected chi connectivity index (χ3v) is 2.30. The topological polar surface area (TPSA) is 43.8 Å². The molecular formula is C11H21N3. The van der Waals surface area contributed by atoms with Crippen molar-refractivity contribution in [2.24, 2.45) is 17.6 Å². The summed E-state index contributed by atoms with van der Waals surface area (Å²) in [4.78, 5) is 0. The molecule has 1 unspecified atom stereocenters. The van der Waals surface area contributed by atoms with Crippen molar-refractivity contribution in [3.63, 3.8) is 0 Å². The van der Waals surface area contributed by atoms with E-state index in [1.807, 2.05) is 6.20 Å². The summed E-state index contributed by atoms with van der Waals surface area (Å²) in [6.07, 6.45) is 2.91. The first-order valence-corrected chi connectivity index (χ1v) is 5.34. The fraction of sp³-hybridized carbons (Fsp3) is 0.727. The number of hydrogen-bond donors (Lipinski definition) is 1. The highest BCUT2D eigenvalue weighted by molar-refractivity contribution is 5.01. The Morgan fingerprint density at radius 3 is 2.71 bits per heavy atom. The van der Waals surface area contributed by atoms with Crippen LogP contribution < -0.4 is 5.73 Å². The Hall–Kier alpha value is -0.830. The summed E-state index contributed by atoms with van der Waals surface area (Å²) in [5.74, 6) is 1.18. The molecule has 1 aromatic rings. The van der Waals surface area contributed by atoms with Crippen LogP contribution in [-0.4, -0.2) is 16.3 Å². The van der Waals surface area contributed by atoms with Gasteiger partial charge < -0.3 is 5.73 Å². The first-order valence-electron chi connectivity index (χ1n) is 5.34. The zero-order valence-corrected chi connectivity index (χ0v) is 9.40. The molecule has 0 aliphatic carbocycles. The van der Waals surface area contributed by atoms with Gasteiger partial charge >= 0.3 is 0 Å². The quantitative estimate of drug-likeness (QED) is 0.776. The van der Waals surface area contributed by atoms with Gasteiger partial charge in [0.25, 0.3) is 0 Å². The van der Waals surface area contributed by atoms with E-state index in [1.165, 1.54) is 5.69 Å². The fourth-order valence-corrected chi connectivity index (χ4v) is 1.48. The van der Waals surface area contributed by atoms with Gasteiger partial charge in [0.15, 0.2) is 0 Å². The molecule has 1 heterocycles. The molecule has 1 atom stereocenters. The molecular weight excluding hydrogens is 174 g/mol. The number of nitrogens with zero attached hydrogens (tertiary/aromatic N) is 2. The van der Waals surface area contributed by atoms with E-state index < -0.39 is 0 Å². The summed E-state index contributed by atoms with van der Waals surface area (Å²) in [6.45, 7) is 8.33. The van der Waals surface area contributed by atoms with Gasteiger partial charge in [-0.25, -0.2) is 0 Å². The number of aromatic nitrogens is 2. The number of nitrogens with two attached hydrogens (primary N) is 1. The molecule has 0 spiro atoms. The van der Waals surface area contributed by atoms with E-state index in [1.54, 1.807) is 0 Å². The summed E-state index contributed by atoms with van der Waals surface area (Å²) >= 11 is 0. The van der Waals surface area contributed by atoms with E-state index in [-0.39, 0.29) is 0 Å². The summed E-state index contributed by atoms with van der Waals surface area (Å²) in [5.41, 5.74) is 6.91. The van der Waals surface area contributed by atoms with Crippen molar-refractivity contribution < 1.29 is 0 Å². The highest BCUT2D eigenvalue weighted by atomic mass is 15.3. The first kappa shape index (κ1) is 11.2. The van der Waals surface area contributed by atoms with Gasteiger partial charge in [0.1, 0.15) is 0 Å². The van der Waals surface area contributed by atoms with Gasteiger partial charge in [-0.2, -0.15) is 5.10 Å². The molecule has 14 heavy (non-hydrogen) atoms. The van der Waals surface area contributed by atoms with E-state index in [2.05, 4.69) is 36.6 Å². The van der Waals surface area contributed by atoms with Crippen LogP contribution in [0.25, 0.3) is 0 Å². The van der Waals surface area contributed by atoms with Crippen molar-refractivity contribution in [1.29, 1.82) is 0 Å². The Balaban J connectivity index is 2.62. The predicted octanol–water partition coefficient (Wildman–Crippen LogP) is 1.68. The standard InChI is InChI=1S/C11H21N3/c1-9(2)8-14-11(4-5-13-14)6-10(3)7-12/h4-5,9-10H,6-8,12H2,1-3H3. The minimum absolute atomic E-state index is 0.539. The van der Waals surface area contributed by atoms with Gasteiger partial charge in [0.2, 0.25) is 0 Å². The predicted molar refractivity (Wildman–Crippen MR) is 59.0 cm³/mol. The zero-order chi connectivity index (χ0) is 10.6. The SMILES string of the molecule is CC(C)Cn1nccc1CC(C)CN. The van der Waals surface area contributed by atoms with Crippen LogP contribution >= 0.6 is 0 Å². The second-order valence-corrected chi connectivity index (χ2v) is 4.44. The molecule has 0 saturated heterocycles. The van der Waals surface area contributed by atoms with Crippen LogP contribution in [0.1, 0.15) is 26.5 Å². The molecule has 2 N–H and O–H groups in total. The molecule has 1 rings (SSSR count). The normalized spacial score (nSPS) is 13.5. The molecule has 0 aliphatic rings. The van der Waals surface area contributed by atoms with Crippen LogP contribution in [-0.2, 0) is 13.0 Å². The van der Waals surface area contributed by atoms with Crippen LogP contribution in [0.4, 0.5) is 0 Å². The number of rotatable bonds is 5. The Bertz CT molecular complexity index is 265. The maximum Gasteiger partial charge on any atom is 0.0492 e. The molecule has 3 heteroatoms. The van der Waals surface area contributed by atoms with Gasteiger partial charge in [-0.1, -0.05) is 20.8 Å². The minimum Gasteiger partial charge on any atom is -0.330 e. The lowest BCUT2D eigenvalue weighted by molar-refractivity contribution is 0.453. The van der Waals surface area contributed by atoms with E-state index in [0.29, 0.717) is 11.8 Å². The van der Waals surface area contributed by atoms with Crippen molar-refractivity contribution in [2.75, 3.05) is 6.54 Å². The minimum atomic E-state index is 0.539. The third kappa shape index (κ3) is 3.14. The van der Waals surface area contributed by atoms with Crippen molar-refractivity contribution >= 4 is 0 Å². The fourth-order valence-electron chi connectivity index (χ4n) is 1.48. The number of hydrogen-bond acceptors (Lipinski definition) is 2. The molecule has 0 aromatic carbocycles. The van der Waals surface area contributed by atoms with E-state index in [0.717, 1.165) is 19.5 Å². The molecule has 3 nitrogen and oxygen atoms in total. The maximum absolute atomic E-state index is 5.61. The van der Waals surface area contributed by atoms with Gasteiger partial charge in [-0.05, 0) is 30.9 Å². The summed E-state index contributed by atoms with van der Waals surface area (Å²) in [5, 5.41) is 4.32. The zero-order valence-electron chi connectivity index (χ0n) is 9.40. The smallest absolute Gasteiger partial charge is 0.0492 e. The Labute approximate surface area is 86.3 Å². The van der Waals surface area contributed by atoms with Crippen LogP contribution in [0.3, 0.4) is 0 Å². The van der Waals surface area contributed by atoms with Gasteiger partial charge in [0.05, 0.1) is 0 Å². The second kappa shape index (κ2) is 5.15. The average Bonchev–Trinajstić information content (AvgIpc) is 2.52. The molecule has 0 radical (unpaired) electrons. The Morgan fingerprint density at radius 2 is 2.14 bits per heavy atom.